The number of aromatic amines is 1. The first-order chi connectivity index (χ1) is 15.9. The van der Waals surface area contributed by atoms with Crippen LogP contribution < -0.4 is 5.32 Å². The van der Waals surface area contributed by atoms with Crippen LogP contribution in [0.2, 0.25) is 5.02 Å². The molecule has 0 bridgehead atoms. The molecular formula is C27H30ClN3OS. The van der Waals surface area contributed by atoms with Gasteiger partial charge in [-0.1, -0.05) is 62.1 Å². The van der Waals surface area contributed by atoms with Crippen molar-refractivity contribution in [1.29, 1.82) is 0 Å². The van der Waals surface area contributed by atoms with Gasteiger partial charge in [-0.25, -0.2) is 4.98 Å². The minimum absolute atomic E-state index is 0.000153. The molecule has 0 spiro atoms. The van der Waals surface area contributed by atoms with Crippen LogP contribution in [0, 0.1) is 19.8 Å². The molecule has 4 aromatic rings. The van der Waals surface area contributed by atoms with Gasteiger partial charge in [0, 0.05) is 22.7 Å². The predicted octanol–water partition coefficient (Wildman–Crippen LogP) is 8.38. The first kappa shape index (κ1) is 23.5. The number of carbonyl (C=O) groups excluding carboxylic acids is 1. The molecule has 1 unspecified atom stereocenters. The second-order valence-electron chi connectivity index (χ2n) is 8.64. The Morgan fingerprint density at radius 2 is 1.97 bits per heavy atom. The minimum atomic E-state index is -0.000153. The van der Waals surface area contributed by atoms with Gasteiger partial charge in [-0.3, -0.25) is 4.79 Å². The Labute approximate surface area is 204 Å². The summed E-state index contributed by atoms with van der Waals surface area (Å²) in [6, 6.07) is 12.2. The molecule has 2 heterocycles. The second-order valence-corrected chi connectivity index (χ2v) is 10.1. The average Bonchev–Trinajstić information content (AvgIpc) is 3.37. The molecule has 4 nitrogen and oxygen atoms in total. The van der Waals surface area contributed by atoms with Crippen LogP contribution in [0.25, 0.3) is 31.9 Å². The van der Waals surface area contributed by atoms with Gasteiger partial charge in [-0.2, -0.15) is 0 Å². The zero-order valence-corrected chi connectivity index (χ0v) is 21.2. The minimum Gasteiger partial charge on any atom is -0.347 e. The molecule has 2 aromatic heterocycles. The lowest BCUT2D eigenvalue weighted by molar-refractivity contribution is -0.120. The van der Waals surface area contributed by atoms with E-state index in [0.29, 0.717) is 10.8 Å². The Morgan fingerprint density at radius 1 is 1.15 bits per heavy atom. The molecule has 1 atom stereocenters. The average molecular weight is 480 g/mol. The van der Waals surface area contributed by atoms with Crippen LogP contribution in [0.1, 0.15) is 50.7 Å². The summed E-state index contributed by atoms with van der Waals surface area (Å²) in [4.78, 5) is 21.4. The van der Waals surface area contributed by atoms with Gasteiger partial charge in [0.25, 0.3) is 0 Å². The number of H-pyrrole nitrogens is 1. The summed E-state index contributed by atoms with van der Waals surface area (Å²) in [5.41, 5.74) is 6.36. The fourth-order valence-corrected chi connectivity index (χ4v) is 5.45. The van der Waals surface area contributed by atoms with Gasteiger partial charge in [-0.05, 0) is 56.0 Å². The van der Waals surface area contributed by atoms with E-state index in [0.717, 1.165) is 57.6 Å². The highest BCUT2D eigenvalue weighted by atomic mass is 35.5. The topological polar surface area (TPSA) is 57.8 Å². The lowest BCUT2D eigenvalue weighted by Crippen LogP contribution is -2.22. The Morgan fingerprint density at radius 3 is 2.70 bits per heavy atom. The number of fused-ring (bicyclic) bond motifs is 1. The number of unbranched alkanes of at least 4 members (excludes halogenated alkanes) is 1. The second kappa shape index (κ2) is 10.1. The molecule has 0 aliphatic heterocycles. The Bertz CT molecular complexity index is 1290. The standard InChI is InChI=1S/C27H30ClN3OS/c1-5-7-8-18(6-2)26(32)31-25-24(27-30-22-14-19(28)10-12-23(22)33-27)21(15-29-25)20-11-9-16(3)13-17(20)4/h9-15,18,29H,5-8H2,1-4H3,(H,31,32). The normalized spacial score (nSPS) is 12.3. The molecule has 33 heavy (non-hydrogen) atoms. The molecule has 172 valence electrons. The number of hydrogen-bond acceptors (Lipinski definition) is 3. The molecule has 1 amide bonds. The van der Waals surface area contributed by atoms with Crippen molar-refractivity contribution >= 4 is 44.9 Å². The van der Waals surface area contributed by atoms with E-state index < -0.39 is 0 Å². The van der Waals surface area contributed by atoms with Gasteiger partial charge >= 0.3 is 0 Å². The molecule has 6 heteroatoms. The van der Waals surface area contributed by atoms with E-state index in [1.807, 2.05) is 24.4 Å². The van der Waals surface area contributed by atoms with Crippen molar-refractivity contribution in [3.63, 3.8) is 0 Å². The van der Waals surface area contributed by atoms with E-state index in [1.54, 1.807) is 11.3 Å². The Balaban J connectivity index is 1.81. The number of amides is 1. The summed E-state index contributed by atoms with van der Waals surface area (Å²) >= 11 is 7.82. The van der Waals surface area contributed by atoms with Gasteiger partial charge < -0.3 is 10.3 Å². The van der Waals surface area contributed by atoms with Crippen molar-refractivity contribution < 1.29 is 4.79 Å². The third kappa shape index (κ3) is 4.99. The van der Waals surface area contributed by atoms with Crippen LogP contribution in [0.4, 0.5) is 5.82 Å². The maximum atomic E-state index is 13.1. The zero-order chi connectivity index (χ0) is 23.5. The van der Waals surface area contributed by atoms with Gasteiger partial charge in [0.2, 0.25) is 5.91 Å². The fraction of sp³-hybridized carbons (Fsp3) is 0.333. The van der Waals surface area contributed by atoms with Crippen molar-refractivity contribution in [3.8, 4) is 21.7 Å². The number of benzene rings is 2. The third-order valence-electron chi connectivity index (χ3n) is 6.13. The van der Waals surface area contributed by atoms with Gasteiger partial charge in [0.1, 0.15) is 10.8 Å². The largest absolute Gasteiger partial charge is 0.347 e. The monoisotopic (exact) mass is 479 g/mol. The van der Waals surface area contributed by atoms with Crippen LogP contribution in [0.3, 0.4) is 0 Å². The first-order valence-corrected chi connectivity index (χ1v) is 12.8. The van der Waals surface area contributed by atoms with E-state index in [4.69, 9.17) is 16.6 Å². The number of rotatable bonds is 8. The van der Waals surface area contributed by atoms with E-state index in [1.165, 1.54) is 11.1 Å². The van der Waals surface area contributed by atoms with Gasteiger partial charge in [0.15, 0.2) is 0 Å². The summed E-state index contributed by atoms with van der Waals surface area (Å²) in [6.07, 6.45) is 5.84. The molecule has 0 fully saturated rings. The van der Waals surface area contributed by atoms with Crippen molar-refractivity contribution in [1.82, 2.24) is 9.97 Å². The summed E-state index contributed by atoms with van der Waals surface area (Å²) in [5.74, 6) is 0.764. The lowest BCUT2D eigenvalue weighted by atomic mass is 9.97. The lowest BCUT2D eigenvalue weighted by Gasteiger charge is -2.15. The van der Waals surface area contributed by atoms with Crippen molar-refractivity contribution in [2.45, 2.75) is 53.4 Å². The van der Waals surface area contributed by atoms with Crippen molar-refractivity contribution in [2.75, 3.05) is 5.32 Å². The van der Waals surface area contributed by atoms with Crippen molar-refractivity contribution in [2.24, 2.45) is 5.92 Å². The first-order valence-electron chi connectivity index (χ1n) is 11.6. The van der Waals surface area contributed by atoms with Crippen LogP contribution in [0.15, 0.2) is 42.6 Å². The summed E-state index contributed by atoms with van der Waals surface area (Å²) in [5, 5.41) is 4.72. The maximum absolute atomic E-state index is 13.1. The Kier molecular flexibility index (Phi) is 7.20. The highest BCUT2D eigenvalue weighted by Crippen LogP contribution is 2.43. The molecule has 2 aromatic carbocycles. The predicted molar refractivity (Wildman–Crippen MR) is 141 cm³/mol. The molecular weight excluding hydrogens is 450 g/mol. The molecule has 0 aliphatic carbocycles. The van der Waals surface area contributed by atoms with Gasteiger partial charge in [0.05, 0.1) is 15.8 Å². The summed E-state index contributed by atoms with van der Waals surface area (Å²) < 4.78 is 1.06. The summed E-state index contributed by atoms with van der Waals surface area (Å²) in [7, 11) is 0. The van der Waals surface area contributed by atoms with Gasteiger partial charge in [-0.15, -0.1) is 11.3 Å². The number of aromatic nitrogens is 2. The van der Waals surface area contributed by atoms with E-state index >= 15 is 0 Å². The Hall–Kier alpha value is -2.63. The van der Waals surface area contributed by atoms with E-state index in [9.17, 15) is 4.79 Å². The number of carbonyl (C=O) groups is 1. The highest BCUT2D eigenvalue weighted by molar-refractivity contribution is 7.21. The van der Waals surface area contributed by atoms with Crippen LogP contribution >= 0.6 is 22.9 Å². The van der Waals surface area contributed by atoms with E-state index in [2.05, 4.69) is 56.2 Å². The number of thiazole rings is 1. The highest BCUT2D eigenvalue weighted by Gasteiger charge is 2.23. The fourth-order valence-electron chi connectivity index (χ4n) is 4.28. The van der Waals surface area contributed by atoms with Crippen LogP contribution in [-0.2, 0) is 4.79 Å². The van der Waals surface area contributed by atoms with Crippen LogP contribution in [-0.4, -0.2) is 15.9 Å². The molecule has 0 aliphatic rings. The van der Waals surface area contributed by atoms with Crippen molar-refractivity contribution in [3.05, 3.63) is 58.7 Å². The molecule has 0 radical (unpaired) electrons. The zero-order valence-electron chi connectivity index (χ0n) is 19.6. The molecule has 0 saturated carbocycles. The molecule has 0 saturated heterocycles. The smallest absolute Gasteiger partial charge is 0.228 e. The van der Waals surface area contributed by atoms with E-state index in [-0.39, 0.29) is 11.8 Å². The maximum Gasteiger partial charge on any atom is 0.228 e. The number of aryl methyl sites for hydroxylation is 2. The number of hydrogen-bond donors (Lipinski definition) is 2. The third-order valence-corrected chi connectivity index (χ3v) is 7.42. The molecule has 4 rings (SSSR count). The van der Waals surface area contributed by atoms with Crippen LogP contribution in [0.5, 0.6) is 0 Å². The number of nitrogens with one attached hydrogen (secondary N) is 2. The SMILES string of the molecule is CCCCC(CC)C(=O)Nc1[nH]cc(-c2ccc(C)cc2C)c1-c1nc2cc(Cl)ccc2s1. The number of anilines is 1. The summed E-state index contributed by atoms with van der Waals surface area (Å²) in [6.45, 7) is 8.45. The number of nitrogens with zero attached hydrogens (tertiary/aromatic N) is 1. The quantitative estimate of drug-likeness (QED) is 0.266. The molecule has 2 N–H and O–H groups in total. The number of halogens is 1.